The molecule has 2 rings (SSSR count). The normalized spacial score (nSPS) is 10.4. The largest absolute Gasteiger partial charge is 0.493 e. The average Bonchev–Trinajstić information content (AvgIpc) is 2.69. The van der Waals surface area contributed by atoms with Crippen LogP contribution in [0.15, 0.2) is 48.5 Å². The van der Waals surface area contributed by atoms with Crippen LogP contribution in [0.4, 0.5) is 0 Å². The number of amides is 1. The van der Waals surface area contributed by atoms with Gasteiger partial charge in [-0.1, -0.05) is 12.1 Å². The van der Waals surface area contributed by atoms with E-state index in [0.717, 1.165) is 5.56 Å². The molecule has 1 N–H and O–H groups in total. The molecule has 0 aromatic heterocycles. The van der Waals surface area contributed by atoms with Crippen molar-refractivity contribution >= 4 is 17.8 Å². The zero-order valence-corrected chi connectivity index (χ0v) is 14.9. The first-order chi connectivity index (χ1) is 12.6. The number of hydrogen-bond acceptors (Lipinski definition) is 5. The molecule has 0 fully saturated rings. The van der Waals surface area contributed by atoms with Crippen molar-refractivity contribution in [3.8, 4) is 17.2 Å². The van der Waals surface area contributed by atoms with Gasteiger partial charge in [0, 0.05) is 18.2 Å². The number of rotatable bonds is 8. The van der Waals surface area contributed by atoms with Crippen molar-refractivity contribution < 1.29 is 23.8 Å². The Bertz CT molecular complexity index is 796. The van der Waals surface area contributed by atoms with E-state index < -0.39 is 0 Å². The van der Waals surface area contributed by atoms with Crippen molar-refractivity contribution in [2.45, 2.75) is 0 Å². The molecule has 0 saturated heterocycles. The second-order valence-corrected chi connectivity index (χ2v) is 5.27. The minimum atomic E-state index is -0.222. The predicted molar refractivity (Wildman–Crippen MR) is 98.9 cm³/mol. The van der Waals surface area contributed by atoms with Crippen LogP contribution in [-0.4, -0.2) is 39.6 Å². The van der Waals surface area contributed by atoms with Crippen LogP contribution in [0.2, 0.25) is 0 Å². The third-order valence-corrected chi connectivity index (χ3v) is 3.64. The van der Waals surface area contributed by atoms with E-state index in [1.807, 2.05) is 12.1 Å². The van der Waals surface area contributed by atoms with E-state index in [0.29, 0.717) is 22.8 Å². The lowest BCUT2D eigenvalue weighted by atomic mass is 10.1. The number of benzene rings is 2. The van der Waals surface area contributed by atoms with Gasteiger partial charge in [0.1, 0.15) is 5.75 Å². The molecule has 0 aliphatic carbocycles. The van der Waals surface area contributed by atoms with Crippen molar-refractivity contribution in [1.29, 1.82) is 0 Å². The quantitative estimate of drug-likeness (QED) is 0.582. The number of methoxy groups -OCH3 is 2. The minimum absolute atomic E-state index is 0.0701. The highest BCUT2D eigenvalue weighted by molar-refractivity contribution is 6.07. The maximum absolute atomic E-state index is 12.3. The molecule has 1 amide bonds. The minimum Gasteiger partial charge on any atom is -0.493 e. The van der Waals surface area contributed by atoms with Gasteiger partial charge in [-0.3, -0.25) is 9.59 Å². The maximum atomic E-state index is 12.3. The number of ketones is 1. The molecule has 136 valence electrons. The summed E-state index contributed by atoms with van der Waals surface area (Å²) >= 11 is 0. The van der Waals surface area contributed by atoms with Crippen LogP contribution >= 0.6 is 0 Å². The molecule has 0 spiro atoms. The maximum Gasteiger partial charge on any atom is 0.257 e. The third kappa shape index (κ3) is 4.86. The zero-order chi connectivity index (χ0) is 18.9. The van der Waals surface area contributed by atoms with Crippen LogP contribution in [-0.2, 0) is 4.79 Å². The van der Waals surface area contributed by atoms with Gasteiger partial charge in [-0.05, 0) is 42.5 Å². The molecular formula is C20H21NO5. The first-order valence-corrected chi connectivity index (χ1v) is 7.96. The summed E-state index contributed by atoms with van der Waals surface area (Å²) in [5.41, 5.74) is 1.25. The Morgan fingerprint density at radius 2 is 1.77 bits per heavy atom. The molecule has 0 aliphatic rings. The number of para-hydroxylation sites is 1. The molecule has 6 heteroatoms. The van der Waals surface area contributed by atoms with Gasteiger partial charge in [-0.25, -0.2) is 0 Å². The number of allylic oxidation sites excluding steroid dienone is 1. The predicted octanol–water partition coefficient (Wildman–Crippen LogP) is 2.72. The van der Waals surface area contributed by atoms with Crippen molar-refractivity contribution in [2.75, 3.05) is 27.9 Å². The Hall–Kier alpha value is -3.28. The van der Waals surface area contributed by atoms with Crippen molar-refractivity contribution in [2.24, 2.45) is 0 Å². The summed E-state index contributed by atoms with van der Waals surface area (Å²) in [6.07, 6.45) is 3.15. The topological polar surface area (TPSA) is 73.9 Å². The number of carbonyl (C=O) groups excluding carboxylic acids is 2. The standard InChI is InChI=1S/C20H21NO5/c1-21-19(23)13-26-16-10-7-14(8-11-16)17(22)12-9-15-5-4-6-18(24-2)20(15)25-3/h4-12H,13H2,1-3H3,(H,21,23)/b12-9+. The average molecular weight is 355 g/mol. The molecule has 0 aliphatic heterocycles. The Morgan fingerprint density at radius 3 is 2.38 bits per heavy atom. The van der Waals surface area contributed by atoms with E-state index in [1.54, 1.807) is 50.6 Å². The molecule has 0 radical (unpaired) electrons. The van der Waals surface area contributed by atoms with E-state index in [4.69, 9.17) is 14.2 Å². The van der Waals surface area contributed by atoms with Gasteiger partial charge < -0.3 is 19.5 Å². The number of carbonyl (C=O) groups is 2. The molecule has 0 atom stereocenters. The summed E-state index contributed by atoms with van der Waals surface area (Å²) in [4.78, 5) is 23.5. The van der Waals surface area contributed by atoms with Crippen molar-refractivity contribution in [3.05, 3.63) is 59.7 Å². The third-order valence-electron chi connectivity index (χ3n) is 3.64. The molecule has 0 bridgehead atoms. The zero-order valence-electron chi connectivity index (χ0n) is 14.9. The molecule has 6 nitrogen and oxygen atoms in total. The van der Waals surface area contributed by atoms with Gasteiger partial charge in [-0.15, -0.1) is 0 Å². The summed E-state index contributed by atoms with van der Waals surface area (Å²) in [5, 5.41) is 2.47. The van der Waals surface area contributed by atoms with Crippen LogP contribution in [0.3, 0.4) is 0 Å². The Balaban J connectivity index is 2.08. The lowest BCUT2D eigenvalue weighted by Gasteiger charge is -2.09. The van der Waals surface area contributed by atoms with Crippen LogP contribution in [0.25, 0.3) is 6.08 Å². The lowest BCUT2D eigenvalue weighted by Crippen LogP contribution is -2.24. The van der Waals surface area contributed by atoms with E-state index in [-0.39, 0.29) is 18.3 Å². The van der Waals surface area contributed by atoms with E-state index in [9.17, 15) is 9.59 Å². The van der Waals surface area contributed by atoms with Crippen LogP contribution in [0.5, 0.6) is 17.2 Å². The first kappa shape index (κ1) is 19.1. The Morgan fingerprint density at radius 1 is 1.04 bits per heavy atom. The number of hydrogen-bond donors (Lipinski definition) is 1. The van der Waals surface area contributed by atoms with Crippen LogP contribution in [0.1, 0.15) is 15.9 Å². The molecule has 2 aromatic rings. The monoisotopic (exact) mass is 355 g/mol. The Labute approximate surface area is 152 Å². The molecule has 26 heavy (non-hydrogen) atoms. The van der Waals surface area contributed by atoms with E-state index in [2.05, 4.69) is 5.32 Å². The van der Waals surface area contributed by atoms with Crippen molar-refractivity contribution in [1.82, 2.24) is 5.32 Å². The summed E-state index contributed by atoms with van der Waals surface area (Å²) in [6, 6.07) is 12.0. The van der Waals surface area contributed by atoms with Gasteiger partial charge in [0.25, 0.3) is 5.91 Å². The second kappa shape index (κ2) is 9.27. The summed E-state index contributed by atoms with van der Waals surface area (Å²) in [7, 11) is 4.65. The van der Waals surface area contributed by atoms with Crippen LogP contribution in [0, 0.1) is 0 Å². The van der Waals surface area contributed by atoms with Gasteiger partial charge in [-0.2, -0.15) is 0 Å². The number of nitrogens with one attached hydrogen (secondary N) is 1. The number of likely N-dealkylation sites (N-methyl/N-ethyl adjacent to an activating group) is 1. The smallest absolute Gasteiger partial charge is 0.257 e. The van der Waals surface area contributed by atoms with Crippen LogP contribution < -0.4 is 19.5 Å². The molecule has 0 heterocycles. The fraction of sp³-hybridized carbons (Fsp3) is 0.200. The van der Waals surface area contributed by atoms with Gasteiger partial charge in [0.05, 0.1) is 14.2 Å². The SMILES string of the molecule is CNC(=O)COc1ccc(C(=O)/C=C/c2cccc(OC)c2OC)cc1. The summed E-state index contributed by atoms with van der Waals surface area (Å²) in [5.74, 6) is 1.30. The number of ether oxygens (including phenoxy) is 3. The molecule has 2 aromatic carbocycles. The van der Waals surface area contributed by atoms with E-state index in [1.165, 1.54) is 13.1 Å². The molecule has 0 saturated carbocycles. The second-order valence-electron chi connectivity index (χ2n) is 5.27. The Kier molecular flexibility index (Phi) is 6.79. The van der Waals surface area contributed by atoms with Gasteiger partial charge >= 0.3 is 0 Å². The summed E-state index contributed by atoms with van der Waals surface area (Å²) in [6.45, 7) is -0.0701. The fourth-order valence-corrected chi connectivity index (χ4v) is 2.24. The molecule has 0 unspecified atom stereocenters. The lowest BCUT2D eigenvalue weighted by molar-refractivity contribution is -0.122. The van der Waals surface area contributed by atoms with Crippen molar-refractivity contribution in [3.63, 3.8) is 0 Å². The molecular weight excluding hydrogens is 334 g/mol. The highest BCUT2D eigenvalue weighted by atomic mass is 16.5. The van der Waals surface area contributed by atoms with Gasteiger partial charge in [0.2, 0.25) is 0 Å². The summed E-state index contributed by atoms with van der Waals surface area (Å²) < 4.78 is 15.9. The highest BCUT2D eigenvalue weighted by Gasteiger charge is 2.08. The first-order valence-electron chi connectivity index (χ1n) is 7.96. The van der Waals surface area contributed by atoms with Gasteiger partial charge in [0.15, 0.2) is 23.9 Å². The van der Waals surface area contributed by atoms with E-state index >= 15 is 0 Å². The fourth-order valence-electron chi connectivity index (χ4n) is 2.24. The highest BCUT2D eigenvalue weighted by Crippen LogP contribution is 2.31.